The largest absolute Gasteiger partial charge is 0.480 e. The van der Waals surface area contributed by atoms with Gasteiger partial charge < -0.3 is 37.6 Å². The van der Waals surface area contributed by atoms with Crippen LogP contribution in [0.2, 0.25) is 0 Å². The molecule has 0 fully saturated rings. The van der Waals surface area contributed by atoms with Crippen LogP contribution in [0.15, 0.2) is 0 Å². The van der Waals surface area contributed by atoms with Crippen molar-refractivity contribution in [2.75, 3.05) is 0 Å². The van der Waals surface area contributed by atoms with Crippen molar-refractivity contribution in [3.05, 3.63) is 0 Å². The Balaban J connectivity index is 5.31. The van der Waals surface area contributed by atoms with Gasteiger partial charge in [0.15, 0.2) is 0 Å². The van der Waals surface area contributed by atoms with E-state index in [9.17, 15) is 34.2 Å². The van der Waals surface area contributed by atoms with Crippen LogP contribution in [0, 0.1) is 11.8 Å². The molecule has 5 unspecified atom stereocenters. The van der Waals surface area contributed by atoms with Crippen LogP contribution < -0.4 is 27.4 Å². The fourth-order valence-electron chi connectivity index (χ4n) is 2.83. The van der Waals surface area contributed by atoms with Crippen LogP contribution in [0.25, 0.3) is 0 Å². The van der Waals surface area contributed by atoms with Gasteiger partial charge >= 0.3 is 5.97 Å². The lowest BCUT2D eigenvalue weighted by molar-refractivity contribution is -0.143. The molecule has 184 valence electrons. The van der Waals surface area contributed by atoms with Crippen LogP contribution in [-0.4, -0.2) is 70.1 Å². The molecule has 0 spiro atoms. The van der Waals surface area contributed by atoms with E-state index in [1.165, 1.54) is 6.92 Å². The molecule has 0 aromatic heterocycles. The minimum Gasteiger partial charge on any atom is -0.480 e. The smallest absolute Gasteiger partial charge is 0.326 e. The molecule has 0 bridgehead atoms. The van der Waals surface area contributed by atoms with Gasteiger partial charge in [0.25, 0.3) is 0 Å². The molecule has 4 amide bonds. The molecular formula is C20H37N5O7. The summed E-state index contributed by atoms with van der Waals surface area (Å²) in [5.74, 6) is -4.58. The number of nitrogens with one attached hydrogen (secondary N) is 3. The third-order valence-corrected chi connectivity index (χ3v) is 4.67. The highest BCUT2D eigenvalue weighted by molar-refractivity contribution is 5.94. The fraction of sp³-hybridized carbons (Fsp3) is 0.750. The first-order valence-electron chi connectivity index (χ1n) is 10.5. The Bertz CT molecular complexity index is 681. The molecule has 32 heavy (non-hydrogen) atoms. The summed E-state index contributed by atoms with van der Waals surface area (Å²) in [4.78, 5) is 59.9. The van der Waals surface area contributed by atoms with E-state index in [0.29, 0.717) is 0 Å². The first-order chi connectivity index (χ1) is 14.7. The van der Waals surface area contributed by atoms with Crippen molar-refractivity contribution in [2.45, 2.75) is 84.2 Å². The second-order valence-electron chi connectivity index (χ2n) is 8.60. The lowest BCUT2D eigenvalue weighted by atomic mass is 10.0. The number of carboxylic acids is 1. The van der Waals surface area contributed by atoms with E-state index in [1.807, 2.05) is 0 Å². The van der Waals surface area contributed by atoms with Gasteiger partial charge in [-0.2, -0.15) is 0 Å². The van der Waals surface area contributed by atoms with Gasteiger partial charge in [-0.25, -0.2) is 4.79 Å². The monoisotopic (exact) mass is 459 g/mol. The van der Waals surface area contributed by atoms with Crippen molar-refractivity contribution in [3.8, 4) is 0 Å². The maximum atomic E-state index is 12.8. The molecule has 0 saturated heterocycles. The average molecular weight is 460 g/mol. The molecule has 0 aliphatic carbocycles. The van der Waals surface area contributed by atoms with Crippen molar-refractivity contribution in [1.29, 1.82) is 0 Å². The quantitative estimate of drug-likeness (QED) is 0.157. The van der Waals surface area contributed by atoms with Gasteiger partial charge in [-0.15, -0.1) is 0 Å². The molecule has 0 saturated carbocycles. The highest BCUT2D eigenvalue weighted by Gasteiger charge is 2.33. The summed E-state index contributed by atoms with van der Waals surface area (Å²) < 4.78 is 0. The Morgan fingerprint density at radius 3 is 1.75 bits per heavy atom. The SMILES string of the molecule is CC(C)CC(NC(=O)C(NC(=O)C(NC(=O)C(N)CCC(N)=O)C(C)C)C(C)O)C(=O)O. The van der Waals surface area contributed by atoms with E-state index in [-0.39, 0.29) is 25.2 Å². The summed E-state index contributed by atoms with van der Waals surface area (Å²) in [7, 11) is 0. The molecule has 12 nitrogen and oxygen atoms in total. The Morgan fingerprint density at radius 2 is 1.34 bits per heavy atom. The number of hydrogen-bond donors (Lipinski definition) is 7. The maximum Gasteiger partial charge on any atom is 0.326 e. The van der Waals surface area contributed by atoms with Crippen LogP contribution >= 0.6 is 0 Å². The third-order valence-electron chi connectivity index (χ3n) is 4.67. The van der Waals surface area contributed by atoms with Crippen LogP contribution in [0.4, 0.5) is 0 Å². The van der Waals surface area contributed by atoms with Crippen molar-refractivity contribution < 1.29 is 34.2 Å². The van der Waals surface area contributed by atoms with Gasteiger partial charge in [0.05, 0.1) is 12.1 Å². The molecule has 9 N–H and O–H groups in total. The van der Waals surface area contributed by atoms with Crippen LogP contribution in [-0.2, 0) is 24.0 Å². The van der Waals surface area contributed by atoms with Crippen LogP contribution in [0.1, 0.15) is 53.9 Å². The number of nitrogens with two attached hydrogens (primary N) is 2. The van der Waals surface area contributed by atoms with Gasteiger partial charge in [-0.3, -0.25) is 19.2 Å². The first kappa shape index (κ1) is 29.3. The predicted molar refractivity (Wildman–Crippen MR) is 116 cm³/mol. The zero-order chi connectivity index (χ0) is 25.2. The lowest BCUT2D eigenvalue weighted by Crippen LogP contribution is -2.60. The number of primary amides is 1. The molecule has 0 heterocycles. The molecule has 0 aromatic rings. The minimum atomic E-state index is -1.45. The van der Waals surface area contributed by atoms with Gasteiger partial charge in [0.1, 0.15) is 18.1 Å². The normalized spacial score (nSPS) is 15.9. The molecule has 0 aliphatic rings. The summed E-state index contributed by atoms with van der Waals surface area (Å²) in [5.41, 5.74) is 10.8. The summed E-state index contributed by atoms with van der Waals surface area (Å²) in [6.07, 6.45) is -1.28. The number of amides is 4. The highest BCUT2D eigenvalue weighted by atomic mass is 16.4. The highest BCUT2D eigenvalue weighted by Crippen LogP contribution is 2.08. The van der Waals surface area contributed by atoms with E-state index >= 15 is 0 Å². The summed E-state index contributed by atoms with van der Waals surface area (Å²) in [6, 6.07) is -4.80. The number of aliphatic hydroxyl groups excluding tert-OH is 1. The van der Waals surface area contributed by atoms with E-state index < -0.39 is 65.8 Å². The van der Waals surface area contributed by atoms with Crippen molar-refractivity contribution >= 4 is 29.6 Å². The van der Waals surface area contributed by atoms with Gasteiger partial charge in [0.2, 0.25) is 23.6 Å². The predicted octanol–water partition coefficient (Wildman–Crippen LogP) is -1.80. The summed E-state index contributed by atoms with van der Waals surface area (Å²) in [6.45, 7) is 8.16. The lowest BCUT2D eigenvalue weighted by Gasteiger charge is -2.28. The molecule has 0 aliphatic heterocycles. The zero-order valence-electron chi connectivity index (χ0n) is 19.3. The number of rotatable bonds is 14. The molecular weight excluding hydrogens is 422 g/mol. The average Bonchev–Trinajstić information content (AvgIpc) is 2.66. The molecule has 12 heteroatoms. The van der Waals surface area contributed by atoms with Gasteiger partial charge in [-0.05, 0) is 31.6 Å². The standard InChI is InChI=1S/C20H37N5O7/c1-9(2)8-13(20(31)32)23-19(30)16(11(5)26)25-18(29)15(10(3)4)24-17(28)12(21)6-7-14(22)27/h9-13,15-16,26H,6-8,21H2,1-5H3,(H2,22,27)(H,23,30)(H,24,28)(H,25,29)(H,31,32). The Morgan fingerprint density at radius 1 is 0.844 bits per heavy atom. The van der Waals surface area contributed by atoms with Crippen LogP contribution in [0.3, 0.4) is 0 Å². The Hall–Kier alpha value is -2.73. The summed E-state index contributed by atoms with van der Waals surface area (Å²) in [5, 5.41) is 26.5. The molecule has 0 radical (unpaired) electrons. The maximum absolute atomic E-state index is 12.8. The molecule has 0 rings (SSSR count). The Labute approximate surface area is 187 Å². The van der Waals surface area contributed by atoms with Crippen molar-refractivity contribution in [1.82, 2.24) is 16.0 Å². The number of carbonyl (C=O) groups is 5. The van der Waals surface area contributed by atoms with E-state index in [2.05, 4.69) is 16.0 Å². The summed E-state index contributed by atoms with van der Waals surface area (Å²) >= 11 is 0. The Kier molecular flexibility index (Phi) is 12.5. The number of aliphatic hydroxyl groups is 1. The van der Waals surface area contributed by atoms with Crippen molar-refractivity contribution in [2.24, 2.45) is 23.3 Å². The zero-order valence-corrected chi connectivity index (χ0v) is 19.3. The fourth-order valence-corrected chi connectivity index (χ4v) is 2.83. The van der Waals surface area contributed by atoms with Gasteiger partial charge in [-0.1, -0.05) is 27.7 Å². The number of hydrogen-bond acceptors (Lipinski definition) is 7. The van der Waals surface area contributed by atoms with E-state index in [0.717, 1.165) is 0 Å². The number of carboxylic acid groups (broad SMARTS) is 1. The van der Waals surface area contributed by atoms with E-state index in [1.54, 1.807) is 27.7 Å². The molecule has 0 aromatic carbocycles. The van der Waals surface area contributed by atoms with E-state index in [4.69, 9.17) is 11.5 Å². The van der Waals surface area contributed by atoms with Gasteiger partial charge in [0, 0.05) is 6.42 Å². The first-order valence-corrected chi connectivity index (χ1v) is 10.5. The number of carbonyl (C=O) groups excluding carboxylic acids is 4. The second kappa shape index (κ2) is 13.6. The topological polar surface area (TPSA) is 214 Å². The third kappa shape index (κ3) is 10.5. The number of aliphatic carboxylic acids is 1. The van der Waals surface area contributed by atoms with Crippen molar-refractivity contribution in [3.63, 3.8) is 0 Å². The second-order valence-corrected chi connectivity index (χ2v) is 8.60. The minimum absolute atomic E-state index is 0.00126. The molecule has 5 atom stereocenters. The van der Waals surface area contributed by atoms with Crippen LogP contribution in [0.5, 0.6) is 0 Å².